The number of likely N-dealkylation sites (tertiary alicyclic amines) is 1. The molecule has 1 aliphatic heterocycles. The fourth-order valence-corrected chi connectivity index (χ4v) is 3.84. The molecule has 1 saturated heterocycles. The maximum absolute atomic E-state index is 10.6. The van der Waals surface area contributed by atoms with E-state index in [1.165, 1.54) is 5.56 Å². The standard InChI is InChI=1S/C22H29NO4/c1-25-20-12-17(13-21(26-2)22(20)27-3)11-18-15-23(10-9-19(18)24)14-16-7-5-4-6-8-16/h4-8,12-13,18-19,24H,9-11,14-15H2,1-3H3. The Bertz CT molecular complexity index is 709. The van der Waals surface area contributed by atoms with Crippen LogP contribution in [0, 0.1) is 5.92 Å². The predicted molar refractivity (Wildman–Crippen MR) is 106 cm³/mol. The summed E-state index contributed by atoms with van der Waals surface area (Å²) in [5.41, 5.74) is 2.38. The van der Waals surface area contributed by atoms with Crippen LogP contribution in [0.4, 0.5) is 0 Å². The van der Waals surface area contributed by atoms with Crippen LogP contribution in [-0.4, -0.2) is 50.5 Å². The normalized spacial score (nSPS) is 20.3. The maximum Gasteiger partial charge on any atom is 0.203 e. The van der Waals surface area contributed by atoms with E-state index in [1.54, 1.807) is 21.3 Å². The lowest BCUT2D eigenvalue weighted by Gasteiger charge is -2.36. The van der Waals surface area contributed by atoms with Gasteiger partial charge in [-0.2, -0.15) is 0 Å². The van der Waals surface area contributed by atoms with Crippen LogP contribution in [0.3, 0.4) is 0 Å². The SMILES string of the molecule is COc1cc(CC2CN(Cc3ccccc3)CCC2O)cc(OC)c1OC. The summed E-state index contributed by atoms with van der Waals surface area (Å²) in [6.07, 6.45) is 1.27. The second-order valence-electron chi connectivity index (χ2n) is 7.07. The molecule has 146 valence electrons. The van der Waals surface area contributed by atoms with Gasteiger partial charge in [0.05, 0.1) is 27.4 Å². The molecule has 5 heteroatoms. The topological polar surface area (TPSA) is 51.2 Å². The minimum atomic E-state index is -0.295. The second-order valence-corrected chi connectivity index (χ2v) is 7.07. The molecule has 2 aromatic carbocycles. The van der Waals surface area contributed by atoms with E-state index >= 15 is 0 Å². The van der Waals surface area contributed by atoms with Crippen LogP contribution in [0.15, 0.2) is 42.5 Å². The smallest absolute Gasteiger partial charge is 0.203 e. The summed E-state index contributed by atoms with van der Waals surface area (Å²) < 4.78 is 16.3. The van der Waals surface area contributed by atoms with Gasteiger partial charge < -0.3 is 19.3 Å². The summed E-state index contributed by atoms with van der Waals surface area (Å²) in [6, 6.07) is 14.4. The van der Waals surface area contributed by atoms with Gasteiger partial charge >= 0.3 is 0 Å². The Morgan fingerprint density at radius 2 is 1.63 bits per heavy atom. The highest BCUT2D eigenvalue weighted by Gasteiger charge is 2.28. The van der Waals surface area contributed by atoms with Gasteiger partial charge in [0.15, 0.2) is 11.5 Å². The van der Waals surface area contributed by atoms with E-state index in [0.717, 1.165) is 38.0 Å². The average Bonchev–Trinajstić information content (AvgIpc) is 2.70. The van der Waals surface area contributed by atoms with Crippen molar-refractivity contribution in [2.75, 3.05) is 34.4 Å². The van der Waals surface area contributed by atoms with Crippen LogP contribution in [0.2, 0.25) is 0 Å². The van der Waals surface area contributed by atoms with Crippen molar-refractivity contribution in [2.45, 2.75) is 25.5 Å². The third-order valence-corrected chi connectivity index (χ3v) is 5.25. The van der Waals surface area contributed by atoms with E-state index < -0.39 is 0 Å². The van der Waals surface area contributed by atoms with Crippen LogP contribution < -0.4 is 14.2 Å². The molecule has 0 amide bonds. The molecule has 2 atom stereocenters. The van der Waals surface area contributed by atoms with Gasteiger partial charge in [-0.05, 0) is 36.1 Å². The number of ether oxygens (including phenoxy) is 3. The summed E-state index contributed by atoms with van der Waals surface area (Å²) in [5.74, 6) is 2.07. The Morgan fingerprint density at radius 3 is 2.22 bits per heavy atom. The molecule has 3 rings (SSSR count). The molecule has 5 nitrogen and oxygen atoms in total. The third-order valence-electron chi connectivity index (χ3n) is 5.25. The van der Waals surface area contributed by atoms with Crippen molar-refractivity contribution in [1.29, 1.82) is 0 Å². The second kappa shape index (κ2) is 9.11. The first kappa shape index (κ1) is 19.5. The van der Waals surface area contributed by atoms with Crippen LogP contribution in [0.1, 0.15) is 17.5 Å². The number of piperidine rings is 1. The number of nitrogens with zero attached hydrogens (tertiary/aromatic N) is 1. The number of rotatable bonds is 7. The van der Waals surface area contributed by atoms with E-state index in [2.05, 4.69) is 29.2 Å². The Morgan fingerprint density at radius 1 is 0.963 bits per heavy atom. The number of methoxy groups -OCH3 is 3. The van der Waals surface area contributed by atoms with E-state index in [-0.39, 0.29) is 12.0 Å². The van der Waals surface area contributed by atoms with Gasteiger partial charge in [-0.25, -0.2) is 0 Å². The van der Waals surface area contributed by atoms with Gasteiger partial charge in [0.2, 0.25) is 5.75 Å². The zero-order valence-electron chi connectivity index (χ0n) is 16.4. The van der Waals surface area contributed by atoms with Crippen molar-refractivity contribution in [3.63, 3.8) is 0 Å². The molecule has 0 radical (unpaired) electrons. The Kier molecular flexibility index (Phi) is 6.58. The first-order chi connectivity index (χ1) is 13.1. The zero-order chi connectivity index (χ0) is 19.2. The summed E-state index contributed by atoms with van der Waals surface area (Å²) >= 11 is 0. The van der Waals surface area contributed by atoms with E-state index in [1.807, 2.05) is 18.2 Å². The van der Waals surface area contributed by atoms with Crippen LogP contribution >= 0.6 is 0 Å². The minimum Gasteiger partial charge on any atom is -0.493 e. The molecule has 0 spiro atoms. The highest BCUT2D eigenvalue weighted by Crippen LogP contribution is 2.39. The fraction of sp³-hybridized carbons (Fsp3) is 0.455. The minimum absolute atomic E-state index is 0.172. The number of hydrogen-bond acceptors (Lipinski definition) is 5. The Balaban J connectivity index is 1.73. The molecule has 27 heavy (non-hydrogen) atoms. The summed E-state index contributed by atoms with van der Waals surface area (Å²) in [7, 11) is 4.85. The summed E-state index contributed by atoms with van der Waals surface area (Å²) in [4.78, 5) is 2.42. The van der Waals surface area contributed by atoms with E-state index in [9.17, 15) is 5.11 Å². The van der Waals surface area contributed by atoms with Crippen LogP contribution in [-0.2, 0) is 13.0 Å². The average molecular weight is 371 g/mol. The lowest BCUT2D eigenvalue weighted by atomic mass is 9.88. The van der Waals surface area contributed by atoms with Crippen molar-refractivity contribution in [2.24, 2.45) is 5.92 Å². The third kappa shape index (κ3) is 4.73. The van der Waals surface area contributed by atoms with Crippen molar-refractivity contribution in [3.05, 3.63) is 53.6 Å². The lowest BCUT2D eigenvalue weighted by molar-refractivity contribution is 0.0239. The van der Waals surface area contributed by atoms with E-state index in [0.29, 0.717) is 17.2 Å². The number of aliphatic hydroxyl groups is 1. The van der Waals surface area contributed by atoms with Crippen molar-refractivity contribution >= 4 is 0 Å². The molecular formula is C22H29NO4. The number of aliphatic hydroxyl groups excluding tert-OH is 1. The summed E-state index contributed by atoms with van der Waals surface area (Å²) in [6.45, 7) is 2.70. The molecule has 0 aliphatic carbocycles. The lowest BCUT2D eigenvalue weighted by Crippen LogP contribution is -2.43. The molecule has 1 aliphatic rings. The molecular weight excluding hydrogens is 342 g/mol. The molecule has 2 aromatic rings. The fourth-order valence-electron chi connectivity index (χ4n) is 3.84. The van der Waals surface area contributed by atoms with Crippen molar-refractivity contribution in [1.82, 2.24) is 4.90 Å². The zero-order valence-corrected chi connectivity index (χ0v) is 16.4. The maximum atomic E-state index is 10.6. The van der Waals surface area contributed by atoms with Crippen LogP contribution in [0.25, 0.3) is 0 Å². The Labute approximate surface area is 161 Å². The quantitative estimate of drug-likeness (QED) is 0.810. The number of hydrogen-bond donors (Lipinski definition) is 1. The number of benzene rings is 2. The van der Waals surface area contributed by atoms with Gasteiger partial charge in [0.1, 0.15) is 0 Å². The first-order valence-corrected chi connectivity index (χ1v) is 9.37. The molecule has 1 fully saturated rings. The van der Waals surface area contributed by atoms with Gasteiger partial charge in [-0.15, -0.1) is 0 Å². The monoisotopic (exact) mass is 371 g/mol. The molecule has 1 N–H and O–H groups in total. The van der Waals surface area contributed by atoms with E-state index in [4.69, 9.17) is 14.2 Å². The van der Waals surface area contributed by atoms with Gasteiger partial charge in [0.25, 0.3) is 0 Å². The molecule has 0 aromatic heterocycles. The van der Waals surface area contributed by atoms with Gasteiger partial charge in [-0.1, -0.05) is 30.3 Å². The van der Waals surface area contributed by atoms with Crippen molar-refractivity contribution in [3.8, 4) is 17.2 Å². The highest BCUT2D eigenvalue weighted by atomic mass is 16.5. The highest BCUT2D eigenvalue weighted by molar-refractivity contribution is 5.53. The molecule has 0 saturated carbocycles. The van der Waals surface area contributed by atoms with Crippen molar-refractivity contribution < 1.29 is 19.3 Å². The predicted octanol–water partition coefficient (Wildman–Crippen LogP) is 3.14. The molecule has 0 bridgehead atoms. The van der Waals surface area contributed by atoms with Gasteiger partial charge in [0, 0.05) is 25.6 Å². The van der Waals surface area contributed by atoms with Crippen LogP contribution in [0.5, 0.6) is 17.2 Å². The summed E-state index contributed by atoms with van der Waals surface area (Å²) in [5, 5.41) is 10.6. The van der Waals surface area contributed by atoms with Gasteiger partial charge in [-0.3, -0.25) is 4.90 Å². The first-order valence-electron chi connectivity index (χ1n) is 9.37. The molecule has 1 heterocycles. The Hall–Kier alpha value is -2.24. The largest absolute Gasteiger partial charge is 0.493 e. The molecule has 2 unspecified atom stereocenters.